The lowest BCUT2D eigenvalue weighted by Crippen LogP contribution is -2.21. The van der Waals surface area contributed by atoms with Gasteiger partial charge in [0.1, 0.15) is 5.75 Å². The Labute approximate surface area is 131 Å². The topological polar surface area (TPSA) is 21.3 Å². The van der Waals surface area contributed by atoms with E-state index in [1.165, 1.54) is 16.7 Å². The Balaban J connectivity index is 1.57. The van der Waals surface area contributed by atoms with Gasteiger partial charge < -0.3 is 10.1 Å². The molecular formula is C18H20ClNO. The molecule has 110 valence electrons. The van der Waals surface area contributed by atoms with Crippen LogP contribution in [0, 0.1) is 0 Å². The minimum Gasteiger partial charge on any atom is -0.497 e. The third-order valence-corrected chi connectivity index (χ3v) is 4.36. The van der Waals surface area contributed by atoms with Crippen LogP contribution in [0.1, 0.15) is 29.2 Å². The van der Waals surface area contributed by atoms with E-state index in [-0.39, 0.29) is 0 Å². The van der Waals surface area contributed by atoms with Crippen LogP contribution >= 0.6 is 11.6 Å². The van der Waals surface area contributed by atoms with Crippen LogP contribution in [0.4, 0.5) is 0 Å². The molecule has 0 fully saturated rings. The van der Waals surface area contributed by atoms with Crippen molar-refractivity contribution < 1.29 is 4.74 Å². The van der Waals surface area contributed by atoms with Crippen molar-refractivity contribution in [2.24, 2.45) is 0 Å². The zero-order valence-corrected chi connectivity index (χ0v) is 13.0. The Morgan fingerprint density at radius 3 is 3.00 bits per heavy atom. The Morgan fingerprint density at radius 1 is 1.24 bits per heavy atom. The molecule has 1 aliphatic rings. The number of benzene rings is 2. The van der Waals surface area contributed by atoms with E-state index < -0.39 is 0 Å². The molecule has 2 nitrogen and oxygen atoms in total. The van der Waals surface area contributed by atoms with Crippen molar-refractivity contribution in [1.29, 1.82) is 0 Å². The van der Waals surface area contributed by atoms with E-state index in [1.807, 2.05) is 18.2 Å². The Bertz CT molecular complexity index is 626. The summed E-state index contributed by atoms with van der Waals surface area (Å²) in [5.41, 5.74) is 4.10. The molecule has 1 unspecified atom stereocenters. The van der Waals surface area contributed by atoms with E-state index >= 15 is 0 Å². The quantitative estimate of drug-likeness (QED) is 0.895. The molecule has 1 atom stereocenters. The molecule has 3 heteroatoms. The molecule has 0 amide bonds. The van der Waals surface area contributed by atoms with Crippen molar-refractivity contribution in [2.75, 3.05) is 13.7 Å². The molecule has 1 aliphatic carbocycles. The Morgan fingerprint density at radius 2 is 2.14 bits per heavy atom. The van der Waals surface area contributed by atoms with Gasteiger partial charge in [-0.05, 0) is 66.8 Å². The van der Waals surface area contributed by atoms with Gasteiger partial charge in [-0.25, -0.2) is 0 Å². The predicted octanol–water partition coefficient (Wildman–Crippen LogP) is 4.17. The third kappa shape index (κ3) is 3.39. The molecule has 0 saturated heterocycles. The van der Waals surface area contributed by atoms with Gasteiger partial charge in [-0.15, -0.1) is 0 Å². The van der Waals surface area contributed by atoms with Crippen LogP contribution in [0.5, 0.6) is 5.75 Å². The SMILES string of the molecule is COc1cccc(CCNC2CCc3cc(Cl)ccc32)c1. The molecule has 2 aromatic carbocycles. The van der Waals surface area contributed by atoms with Crippen LogP contribution in [0.15, 0.2) is 42.5 Å². The van der Waals surface area contributed by atoms with E-state index in [4.69, 9.17) is 16.3 Å². The van der Waals surface area contributed by atoms with Crippen LogP contribution in [-0.2, 0) is 12.8 Å². The summed E-state index contributed by atoms with van der Waals surface area (Å²) in [6.07, 6.45) is 3.29. The fourth-order valence-electron chi connectivity index (χ4n) is 3.02. The highest BCUT2D eigenvalue weighted by Crippen LogP contribution is 2.32. The molecule has 1 N–H and O–H groups in total. The van der Waals surface area contributed by atoms with E-state index in [0.29, 0.717) is 6.04 Å². The zero-order chi connectivity index (χ0) is 14.7. The second kappa shape index (κ2) is 6.50. The normalized spacial score (nSPS) is 16.8. The number of aryl methyl sites for hydroxylation is 1. The lowest BCUT2D eigenvalue weighted by molar-refractivity contribution is 0.414. The standard InChI is InChI=1S/C18H20ClNO/c1-21-16-4-2-3-13(11-16)9-10-20-18-8-5-14-12-15(19)6-7-17(14)18/h2-4,6-7,11-12,18,20H,5,8-10H2,1H3. The first kappa shape index (κ1) is 14.4. The number of halogens is 1. The minimum absolute atomic E-state index is 0.461. The molecular weight excluding hydrogens is 282 g/mol. The maximum Gasteiger partial charge on any atom is 0.119 e. The lowest BCUT2D eigenvalue weighted by atomic mass is 10.1. The highest BCUT2D eigenvalue weighted by molar-refractivity contribution is 6.30. The molecule has 21 heavy (non-hydrogen) atoms. The number of ether oxygens (including phenoxy) is 1. The Kier molecular flexibility index (Phi) is 4.47. The van der Waals surface area contributed by atoms with Crippen molar-refractivity contribution in [3.05, 3.63) is 64.2 Å². The van der Waals surface area contributed by atoms with Gasteiger partial charge >= 0.3 is 0 Å². The summed E-state index contributed by atoms with van der Waals surface area (Å²) >= 11 is 6.05. The number of hydrogen-bond acceptors (Lipinski definition) is 2. The molecule has 0 radical (unpaired) electrons. The van der Waals surface area contributed by atoms with E-state index in [1.54, 1.807) is 7.11 Å². The summed E-state index contributed by atoms with van der Waals surface area (Å²) in [5.74, 6) is 0.924. The molecule has 0 heterocycles. The lowest BCUT2D eigenvalue weighted by Gasteiger charge is -2.14. The number of hydrogen-bond donors (Lipinski definition) is 1. The van der Waals surface area contributed by atoms with Gasteiger partial charge in [0.25, 0.3) is 0 Å². The van der Waals surface area contributed by atoms with Crippen LogP contribution in [0.25, 0.3) is 0 Å². The monoisotopic (exact) mass is 301 g/mol. The summed E-state index contributed by atoms with van der Waals surface area (Å²) in [6, 6.07) is 15.0. The summed E-state index contributed by atoms with van der Waals surface area (Å²) in [7, 11) is 1.71. The van der Waals surface area contributed by atoms with Gasteiger partial charge in [-0.1, -0.05) is 29.8 Å². The van der Waals surface area contributed by atoms with Crippen molar-refractivity contribution in [2.45, 2.75) is 25.3 Å². The Hall–Kier alpha value is -1.51. The second-order valence-corrected chi connectivity index (χ2v) is 5.93. The van der Waals surface area contributed by atoms with E-state index in [9.17, 15) is 0 Å². The van der Waals surface area contributed by atoms with Gasteiger partial charge in [0.2, 0.25) is 0 Å². The molecule has 0 aliphatic heterocycles. The summed E-state index contributed by atoms with van der Waals surface area (Å²) < 4.78 is 5.26. The molecule has 0 bridgehead atoms. The van der Waals surface area contributed by atoms with Gasteiger partial charge in [0.05, 0.1) is 7.11 Å². The molecule has 3 rings (SSSR count). The van der Waals surface area contributed by atoms with E-state index in [2.05, 4.69) is 29.6 Å². The van der Waals surface area contributed by atoms with Gasteiger partial charge in [0.15, 0.2) is 0 Å². The van der Waals surface area contributed by atoms with Crippen molar-refractivity contribution in [1.82, 2.24) is 5.32 Å². The summed E-state index contributed by atoms with van der Waals surface area (Å²) in [4.78, 5) is 0. The van der Waals surface area contributed by atoms with Crippen molar-refractivity contribution >= 4 is 11.6 Å². The van der Waals surface area contributed by atoms with Crippen LogP contribution in [0.3, 0.4) is 0 Å². The average molecular weight is 302 g/mol. The van der Waals surface area contributed by atoms with Gasteiger partial charge in [0, 0.05) is 11.1 Å². The van der Waals surface area contributed by atoms with Crippen LogP contribution < -0.4 is 10.1 Å². The smallest absolute Gasteiger partial charge is 0.119 e. The third-order valence-electron chi connectivity index (χ3n) is 4.12. The first-order chi connectivity index (χ1) is 10.3. The molecule has 0 aromatic heterocycles. The van der Waals surface area contributed by atoms with Crippen molar-refractivity contribution in [3.63, 3.8) is 0 Å². The van der Waals surface area contributed by atoms with Gasteiger partial charge in [-0.3, -0.25) is 0 Å². The first-order valence-electron chi connectivity index (χ1n) is 7.41. The first-order valence-corrected chi connectivity index (χ1v) is 7.78. The van der Waals surface area contributed by atoms with Crippen LogP contribution in [0.2, 0.25) is 5.02 Å². The predicted molar refractivity (Wildman–Crippen MR) is 87.2 cm³/mol. The van der Waals surface area contributed by atoms with Crippen molar-refractivity contribution in [3.8, 4) is 5.75 Å². The fraction of sp³-hybridized carbons (Fsp3) is 0.333. The largest absolute Gasteiger partial charge is 0.497 e. The maximum atomic E-state index is 6.05. The highest BCUT2D eigenvalue weighted by Gasteiger charge is 2.21. The number of methoxy groups -OCH3 is 1. The summed E-state index contributed by atoms with van der Waals surface area (Å²) in [5, 5.41) is 4.50. The zero-order valence-electron chi connectivity index (χ0n) is 12.2. The van der Waals surface area contributed by atoms with E-state index in [0.717, 1.165) is 36.6 Å². The van der Waals surface area contributed by atoms with Gasteiger partial charge in [-0.2, -0.15) is 0 Å². The minimum atomic E-state index is 0.461. The second-order valence-electron chi connectivity index (χ2n) is 5.49. The highest BCUT2D eigenvalue weighted by atomic mass is 35.5. The average Bonchev–Trinajstić information content (AvgIpc) is 2.90. The van der Waals surface area contributed by atoms with Crippen LogP contribution in [-0.4, -0.2) is 13.7 Å². The summed E-state index contributed by atoms with van der Waals surface area (Å²) in [6.45, 7) is 0.972. The molecule has 0 saturated carbocycles. The molecule has 0 spiro atoms. The number of nitrogens with one attached hydrogen (secondary N) is 1. The molecule has 2 aromatic rings. The fourth-order valence-corrected chi connectivity index (χ4v) is 3.21. The number of fused-ring (bicyclic) bond motifs is 1. The number of rotatable bonds is 5. The maximum absolute atomic E-state index is 6.05.